The highest BCUT2D eigenvalue weighted by Gasteiger charge is 2.13. The molecule has 4 heteroatoms. The summed E-state index contributed by atoms with van der Waals surface area (Å²) in [5, 5.41) is 0. The van der Waals surface area contributed by atoms with E-state index in [2.05, 4.69) is 13.8 Å². The van der Waals surface area contributed by atoms with Gasteiger partial charge in [-0.05, 0) is 38.5 Å². The average Bonchev–Trinajstić information content (AvgIpc) is 2.70. The first-order valence-corrected chi connectivity index (χ1v) is 11.7. The molecule has 2 unspecified atom stereocenters. The fraction of sp³-hybridized carbons (Fsp3) is 0.833. The van der Waals surface area contributed by atoms with Gasteiger partial charge in [0.05, 0.1) is 0 Å². The van der Waals surface area contributed by atoms with Crippen LogP contribution in [-0.2, 0) is 19.1 Å². The molecule has 0 saturated carbocycles. The van der Waals surface area contributed by atoms with Crippen molar-refractivity contribution in [3.05, 3.63) is 12.2 Å². The second-order valence-electron chi connectivity index (χ2n) is 7.67. The van der Waals surface area contributed by atoms with E-state index in [9.17, 15) is 9.59 Å². The van der Waals surface area contributed by atoms with E-state index in [0.717, 1.165) is 38.5 Å². The van der Waals surface area contributed by atoms with Gasteiger partial charge in [-0.1, -0.05) is 79.1 Å². The van der Waals surface area contributed by atoms with Crippen LogP contribution in [0, 0.1) is 0 Å². The van der Waals surface area contributed by atoms with Crippen LogP contribution in [0.4, 0.5) is 0 Å². The third-order valence-corrected chi connectivity index (χ3v) is 5.09. The summed E-state index contributed by atoms with van der Waals surface area (Å²) < 4.78 is 10.9. The molecule has 0 N–H and O–H groups in total. The van der Waals surface area contributed by atoms with Crippen LogP contribution in [0.3, 0.4) is 0 Å². The molecule has 0 aromatic carbocycles. The summed E-state index contributed by atoms with van der Waals surface area (Å²) in [7, 11) is 0. The fourth-order valence-corrected chi connectivity index (χ4v) is 3.19. The molecule has 0 aliphatic carbocycles. The van der Waals surface area contributed by atoms with Gasteiger partial charge in [0.15, 0.2) is 0 Å². The number of hydrogen-bond donors (Lipinski definition) is 0. The standard InChI is InChI=1S/C24H44O4/c1-5-9-11-13-15-17-21(7-3)27-23(25)19-20-24(26)28-22(8-4)18-16-14-12-10-6-2/h19-22H,5-18H2,1-4H3/b20-19+. The van der Waals surface area contributed by atoms with Crippen molar-refractivity contribution in [3.8, 4) is 0 Å². The van der Waals surface area contributed by atoms with E-state index in [4.69, 9.17) is 9.47 Å². The summed E-state index contributed by atoms with van der Waals surface area (Å²) in [5.41, 5.74) is 0. The van der Waals surface area contributed by atoms with Crippen molar-refractivity contribution in [3.63, 3.8) is 0 Å². The molecule has 0 rings (SSSR count). The Morgan fingerprint density at radius 2 is 0.964 bits per heavy atom. The quantitative estimate of drug-likeness (QED) is 0.143. The van der Waals surface area contributed by atoms with Crippen LogP contribution in [0.25, 0.3) is 0 Å². The molecule has 0 spiro atoms. The highest BCUT2D eigenvalue weighted by molar-refractivity contribution is 5.91. The Labute approximate surface area is 173 Å². The first kappa shape index (κ1) is 26.7. The van der Waals surface area contributed by atoms with Crippen molar-refractivity contribution >= 4 is 11.9 Å². The first-order chi connectivity index (χ1) is 13.6. The monoisotopic (exact) mass is 396 g/mol. The lowest BCUT2D eigenvalue weighted by Gasteiger charge is -2.15. The van der Waals surface area contributed by atoms with Gasteiger partial charge in [0.1, 0.15) is 12.2 Å². The predicted molar refractivity (Wildman–Crippen MR) is 116 cm³/mol. The largest absolute Gasteiger partial charge is 0.459 e. The highest BCUT2D eigenvalue weighted by atomic mass is 16.5. The van der Waals surface area contributed by atoms with Gasteiger partial charge in [0, 0.05) is 12.2 Å². The molecule has 0 aromatic rings. The summed E-state index contributed by atoms with van der Waals surface area (Å²) in [5.74, 6) is -0.907. The van der Waals surface area contributed by atoms with Crippen molar-refractivity contribution in [2.24, 2.45) is 0 Å². The molecule has 4 nitrogen and oxygen atoms in total. The Morgan fingerprint density at radius 1 is 0.607 bits per heavy atom. The third kappa shape index (κ3) is 15.7. The predicted octanol–water partition coefficient (Wildman–Crippen LogP) is 6.91. The van der Waals surface area contributed by atoms with Crippen LogP contribution < -0.4 is 0 Å². The second-order valence-corrected chi connectivity index (χ2v) is 7.67. The van der Waals surface area contributed by atoms with Gasteiger partial charge in [-0.25, -0.2) is 9.59 Å². The normalized spacial score (nSPS) is 13.4. The lowest BCUT2D eigenvalue weighted by molar-refractivity contribution is -0.146. The van der Waals surface area contributed by atoms with Crippen molar-refractivity contribution in [2.75, 3.05) is 0 Å². The summed E-state index contributed by atoms with van der Waals surface area (Å²) >= 11 is 0. The number of ether oxygens (including phenoxy) is 2. The van der Waals surface area contributed by atoms with Crippen LogP contribution in [0.2, 0.25) is 0 Å². The van der Waals surface area contributed by atoms with Gasteiger partial charge in [-0.3, -0.25) is 0 Å². The minimum Gasteiger partial charge on any atom is -0.459 e. The minimum atomic E-state index is -0.454. The van der Waals surface area contributed by atoms with Crippen molar-refractivity contribution < 1.29 is 19.1 Å². The molecule has 28 heavy (non-hydrogen) atoms. The second kappa shape index (κ2) is 19.0. The maximum absolute atomic E-state index is 12.0. The molecule has 0 aliphatic rings. The number of carbonyl (C=O) groups is 2. The molecule has 0 aliphatic heterocycles. The Balaban J connectivity index is 4.11. The number of carbonyl (C=O) groups excluding carboxylic acids is 2. The maximum Gasteiger partial charge on any atom is 0.331 e. The Kier molecular flexibility index (Phi) is 18.1. The van der Waals surface area contributed by atoms with E-state index in [1.165, 1.54) is 63.5 Å². The molecule has 0 radical (unpaired) electrons. The van der Waals surface area contributed by atoms with Gasteiger partial charge in [-0.15, -0.1) is 0 Å². The van der Waals surface area contributed by atoms with Gasteiger partial charge in [-0.2, -0.15) is 0 Å². The Hall–Kier alpha value is -1.32. The van der Waals surface area contributed by atoms with Crippen LogP contribution in [0.1, 0.15) is 118 Å². The zero-order valence-electron chi connectivity index (χ0n) is 18.8. The molecule has 0 saturated heterocycles. The van der Waals surface area contributed by atoms with E-state index < -0.39 is 11.9 Å². The molecule has 164 valence electrons. The molecular weight excluding hydrogens is 352 g/mol. The Bertz CT molecular complexity index is 379. The summed E-state index contributed by atoms with van der Waals surface area (Å²) in [6, 6.07) is 0. The molecule has 0 amide bonds. The zero-order chi connectivity index (χ0) is 21.0. The lowest BCUT2D eigenvalue weighted by atomic mass is 10.1. The SMILES string of the molecule is CCCCCCCC(CC)OC(=O)/C=C/C(=O)OC(CC)CCCCCCC. The summed E-state index contributed by atoms with van der Waals surface area (Å²) in [6.07, 6.45) is 17.6. The van der Waals surface area contributed by atoms with Crippen LogP contribution in [0.15, 0.2) is 12.2 Å². The van der Waals surface area contributed by atoms with Gasteiger partial charge < -0.3 is 9.47 Å². The topological polar surface area (TPSA) is 52.6 Å². The van der Waals surface area contributed by atoms with E-state index in [1.807, 2.05) is 13.8 Å². The van der Waals surface area contributed by atoms with Crippen molar-refractivity contribution in [2.45, 2.75) is 130 Å². The van der Waals surface area contributed by atoms with Crippen molar-refractivity contribution in [1.29, 1.82) is 0 Å². The van der Waals surface area contributed by atoms with Crippen LogP contribution in [-0.4, -0.2) is 24.1 Å². The zero-order valence-corrected chi connectivity index (χ0v) is 18.8. The Morgan fingerprint density at radius 3 is 1.29 bits per heavy atom. The molecule has 0 aromatic heterocycles. The van der Waals surface area contributed by atoms with E-state index in [0.29, 0.717) is 0 Å². The van der Waals surface area contributed by atoms with Crippen LogP contribution in [0.5, 0.6) is 0 Å². The van der Waals surface area contributed by atoms with Gasteiger partial charge >= 0.3 is 11.9 Å². The number of hydrogen-bond acceptors (Lipinski definition) is 4. The number of esters is 2. The summed E-state index contributed by atoms with van der Waals surface area (Å²) in [4.78, 5) is 23.9. The lowest BCUT2D eigenvalue weighted by Crippen LogP contribution is -2.18. The fourth-order valence-electron chi connectivity index (χ4n) is 3.19. The maximum atomic E-state index is 12.0. The van der Waals surface area contributed by atoms with Crippen molar-refractivity contribution in [1.82, 2.24) is 0 Å². The summed E-state index contributed by atoms with van der Waals surface area (Å²) in [6.45, 7) is 8.44. The first-order valence-electron chi connectivity index (χ1n) is 11.7. The van der Waals surface area contributed by atoms with Gasteiger partial charge in [0.2, 0.25) is 0 Å². The molecular formula is C24H44O4. The molecule has 0 bridgehead atoms. The molecule has 2 atom stereocenters. The number of rotatable bonds is 18. The molecule has 0 heterocycles. The van der Waals surface area contributed by atoms with E-state index in [-0.39, 0.29) is 12.2 Å². The third-order valence-electron chi connectivity index (χ3n) is 5.09. The van der Waals surface area contributed by atoms with Gasteiger partial charge in [0.25, 0.3) is 0 Å². The highest BCUT2D eigenvalue weighted by Crippen LogP contribution is 2.14. The van der Waals surface area contributed by atoms with E-state index in [1.54, 1.807) is 0 Å². The smallest absolute Gasteiger partial charge is 0.331 e. The average molecular weight is 397 g/mol. The minimum absolute atomic E-state index is 0.0682. The van der Waals surface area contributed by atoms with Crippen LogP contribution >= 0.6 is 0 Å². The number of unbranched alkanes of at least 4 members (excludes halogenated alkanes) is 8. The van der Waals surface area contributed by atoms with E-state index >= 15 is 0 Å². The molecule has 0 fully saturated rings.